The summed E-state index contributed by atoms with van der Waals surface area (Å²) in [4.78, 5) is 0. The molecule has 0 spiro atoms. The van der Waals surface area contributed by atoms with Gasteiger partial charge < -0.3 is 5.32 Å². The molecule has 1 saturated carbocycles. The molecule has 2 nitrogen and oxygen atoms in total. The first kappa shape index (κ1) is 16.0. The van der Waals surface area contributed by atoms with Crippen molar-refractivity contribution in [1.29, 1.82) is 0 Å². The van der Waals surface area contributed by atoms with E-state index in [4.69, 9.17) is 11.6 Å². The van der Waals surface area contributed by atoms with E-state index < -0.39 is 10.8 Å². The fourth-order valence-electron chi connectivity index (χ4n) is 2.85. The SMILES string of the molecule is CCCNC1CCCCC1S(=O)Cc1ccccc1Cl. The first-order valence-corrected chi connectivity index (χ1v) is 9.32. The van der Waals surface area contributed by atoms with E-state index >= 15 is 0 Å². The highest BCUT2D eigenvalue weighted by molar-refractivity contribution is 7.84. The maximum Gasteiger partial charge on any atom is 0.0504 e. The first-order chi connectivity index (χ1) is 9.72. The molecule has 0 aliphatic heterocycles. The van der Waals surface area contributed by atoms with Gasteiger partial charge in [0.05, 0.1) is 11.0 Å². The summed E-state index contributed by atoms with van der Waals surface area (Å²) in [6.07, 6.45) is 5.79. The zero-order chi connectivity index (χ0) is 14.4. The maximum atomic E-state index is 12.7. The standard InChI is InChI=1S/C16H24ClNOS/c1-2-11-18-15-9-5-6-10-16(15)20(19)12-13-7-3-4-8-14(13)17/h3-4,7-8,15-16,18H,2,5-6,9-12H2,1H3. The first-order valence-electron chi connectivity index (χ1n) is 7.56. The third kappa shape index (κ3) is 4.31. The second-order valence-corrected chi connectivity index (χ2v) is 7.56. The second-order valence-electron chi connectivity index (χ2n) is 5.50. The van der Waals surface area contributed by atoms with Crippen molar-refractivity contribution in [3.63, 3.8) is 0 Å². The van der Waals surface area contributed by atoms with Crippen molar-refractivity contribution in [2.75, 3.05) is 6.54 Å². The monoisotopic (exact) mass is 313 g/mol. The van der Waals surface area contributed by atoms with Crippen molar-refractivity contribution in [2.24, 2.45) is 0 Å². The zero-order valence-corrected chi connectivity index (χ0v) is 13.7. The summed E-state index contributed by atoms with van der Waals surface area (Å²) in [6.45, 7) is 3.19. The Bertz CT molecular complexity index is 452. The van der Waals surface area contributed by atoms with Crippen LogP contribution in [0.1, 0.15) is 44.6 Å². The highest BCUT2D eigenvalue weighted by atomic mass is 35.5. The number of halogens is 1. The van der Waals surface area contributed by atoms with Crippen LogP contribution in [0.3, 0.4) is 0 Å². The van der Waals surface area contributed by atoms with E-state index in [1.807, 2.05) is 24.3 Å². The lowest BCUT2D eigenvalue weighted by molar-refractivity contribution is 0.379. The minimum atomic E-state index is -0.848. The van der Waals surface area contributed by atoms with Crippen molar-refractivity contribution in [3.8, 4) is 0 Å². The number of rotatable bonds is 6. The third-order valence-corrected chi connectivity index (χ3v) is 6.16. The van der Waals surface area contributed by atoms with Crippen LogP contribution in [0.15, 0.2) is 24.3 Å². The summed E-state index contributed by atoms with van der Waals surface area (Å²) >= 11 is 6.18. The smallest absolute Gasteiger partial charge is 0.0504 e. The molecular formula is C16H24ClNOS. The van der Waals surface area contributed by atoms with Crippen LogP contribution < -0.4 is 5.32 Å². The van der Waals surface area contributed by atoms with Crippen LogP contribution >= 0.6 is 11.6 Å². The number of hydrogen-bond donors (Lipinski definition) is 1. The molecule has 3 atom stereocenters. The van der Waals surface area contributed by atoms with E-state index in [2.05, 4.69) is 12.2 Å². The van der Waals surface area contributed by atoms with E-state index in [9.17, 15) is 4.21 Å². The van der Waals surface area contributed by atoms with Crippen molar-refractivity contribution < 1.29 is 4.21 Å². The summed E-state index contributed by atoms with van der Waals surface area (Å²) in [6, 6.07) is 8.15. The fourth-order valence-corrected chi connectivity index (χ4v) is 4.93. The summed E-state index contributed by atoms with van der Waals surface area (Å²) in [5.41, 5.74) is 1.01. The minimum absolute atomic E-state index is 0.270. The Labute approximate surface area is 129 Å². The molecule has 1 fully saturated rings. The Morgan fingerprint density at radius 3 is 2.80 bits per heavy atom. The molecule has 0 radical (unpaired) electrons. The lowest BCUT2D eigenvalue weighted by atomic mass is 9.95. The average Bonchev–Trinajstić information content (AvgIpc) is 2.47. The molecule has 1 aliphatic carbocycles. The zero-order valence-electron chi connectivity index (χ0n) is 12.1. The molecule has 20 heavy (non-hydrogen) atoms. The van der Waals surface area contributed by atoms with Gasteiger partial charge in [-0.25, -0.2) is 0 Å². The van der Waals surface area contributed by atoms with Gasteiger partial charge >= 0.3 is 0 Å². The predicted molar refractivity (Wildman–Crippen MR) is 87.6 cm³/mol. The van der Waals surface area contributed by atoms with Crippen molar-refractivity contribution in [1.82, 2.24) is 5.32 Å². The Morgan fingerprint density at radius 1 is 1.30 bits per heavy atom. The summed E-state index contributed by atoms with van der Waals surface area (Å²) in [5, 5.41) is 4.58. The molecule has 0 amide bonds. The Hall–Kier alpha value is -0.380. The summed E-state index contributed by atoms with van der Waals surface area (Å²) < 4.78 is 12.7. The Morgan fingerprint density at radius 2 is 2.05 bits per heavy atom. The molecule has 112 valence electrons. The summed E-state index contributed by atoms with van der Waals surface area (Å²) in [5.74, 6) is 0.578. The van der Waals surface area contributed by atoms with Gasteiger partial charge in [0, 0.05) is 21.9 Å². The predicted octanol–water partition coefficient (Wildman–Crippen LogP) is 3.90. The molecule has 1 aromatic carbocycles. The topological polar surface area (TPSA) is 29.1 Å². The molecule has 1 N–H and O–H groups in total. The highest BCUT2D eigenvalue weighted by Gasteiger charge is 2.29. The maximum absolute atomic E-state index is 12.7. The number of hydrogen-bond acceptors (Lipinski definition) is 2. The van der Waals surface area contributed by atoms with Crippen molar-refractivity contribution in [2.45, 2.75) is 56.1 Å². The van der Waals surface area contributed by atoms with E-state index in [-0.39, 0.29) is 5.25 Å². The van der Waals surface area contributed by atoms with Gasteiger partial charge in [0.25, 0.3) is 0 Å². The van der Waals surface area contributed by atoms with E-state index in [1.54, 1.807) is 0 Å². The van der Waals surface area contributed by atoms with E-state index in [0.717, 1.165) is 36.4 Å². The Balaban J connectivity index is 2.00. The average molecular weight is 314 g/mol. The molecule has 3 unspecified atom stereocenters. The van der Waals surface area contributed by atoms with Crippen molar-refractivity contribution >= 4 is 22.4 Å². The molecular weight excluding hydrogens is 290 g/mol. The van der Waals surface area contributed by atoms with Gasteiger partial charge in [-0.2, -0.15) is 0 Å². The number of nitrogens with one attached hydrogen (secondary N) is 1. The van der Waals surface area contributed by atoms with Crippen molar-refractivity contribution in [3.05, 3.63) is 34.9 Å². The van der Waals surface area contributed by atoms with Crippen LogP contribution in [0.4, 0.5) is 0 Å². The van der Waals surface area contributed by atoms with Gasteiger partial charge in [0.1, 0.15) is 0 Å². The number of benzene rings is 1. The van der Waals surface area contributed by atoms with Crippen LogP contribution in [0.25, 0.3) is 0 Å². The molecule has 1 aliphatic rings. The van der Waals surface area contributed by atoms with E-state index in [0.29, 0.717) is 11.8 Å². The van der Waals surface area contributed by atoms with Gasteiger partial charge in [-0.05, 0) is 37.4 Å². The van der Waals surface area contributed by atoms with Crippen LogP contribution in [0, 0.1) is 0 Å². The van der Waals surface area contributed by atoms with Gasteiger partial charge in [-0.15, -0.1) is 0 Å². The Kier molecular flexibility index (Phi) is 6.53. The molecule has 0 aromatic heterocycles. The largest absolute Gasteiger partial charge is 0.313 e. The fraction of sp³-hybridized carbons (Fsp3) is 0.625. The molecule has 0 saturated heterocycles. The van der Waals surface area contributed by atoms with Gasteiger partial charge in [0.2, 0.25) is 0 Å². The van der Waals surface area contributed by atoms with Gasteiger partial charge in [-0.1, -0.05) is 49.6 Å². The highest BCUT2D eigenvalue weighted by Crippen LogP contribution is 2.26. The van der Waals surface area contributed by atoms with Gasteiger partial charge in [-0.3, -0.25) is 4.21 Å². The quantitative estimate of drug-likeness (QED) is 0.863. The lowest BCUT2D eigenvalue weighted by Crippen LogP contribution is -2.44. The lowest BCUT2D eigenvalue weighted by Gasteiger charge is -2.31. The normalized spacial score (nSPS) is 24.5. The van der Waals surface area contributed by atoms with Crippen LogP contribution in [0.2, 0.25) is 5.02 Å². The van der Waals surface area contributed by atoms with Crippen LogP contribution in [0.5, 0.6) is 0 Å². The van der Waals surface area contributed by atoms with Crippen LogP contribution in [-0.4, -0.2) is 22.0 Å². The summed E-state index contributed by atoms with van der Waals surface area (Å²) in [7, 11) is -0.848. The third-order valence-electron chi connectivity index (χ3n) is 3.95. The second kappa shape index (κ2) is 8.16. The molecule has 0 bridgehead atoms. The molecule has 4 heteroatoms. The van der Waals surface area contributed by atoms with Crippen LogP contribution in [-0.2, 0) is 16.6 Å². The molecule has 2 rings (SSSR count). The molecule has 0 heterocycles. The molecule has 1 aromatic rings. The van der Waals surface area contributed by atoms with Gasteiger partial charge in [0.15, 0.2) is 0 Å². The minimum Gasteiger partial charge on any atom is -0.313 e. The van der Waals surface area contributed by atoms with E-state index in [1.165, 1.54) is 12.8 Å².